The summed E-state index contributed by atoms with van der Waals surface area (Å²) in [5.41, 5.74) is 2.72. The maximum Gasteiger partial charge on any atom is 0.0294 e. The molecular weight excluding hydrogens is 232 g/mol. The van der Waals surface area contributed by atoms with Gasteiger partial charge in [0.05, 0.1) is 0 Å². The molecule has 4 atom stereocenters. The monoisotopic (exact) mass is 260 g/mol. The Kier molecular flexibility index (Phi) is 4.64. The van der Waals surface area contributed by atoms with Crippen LogP contribution in [0.4, 0.5) is 0 Å². The van der Waals surface area contributed by atoms with E-state index < -0.39 is 0 Å². The zero-order valence-corrected chi connectivity index (χ0v) is 13.0. The highest BCUT2D eigenvalue weighted by molar-refractivity contribution is 5.23. The summed E-state index contributed by atoms with van der Waals surface area (Å²) in [5, 5.41) is 3.83. The molecule has 0 radical (unpaired) electrons. The Morgan fingerprint density at radius 3 is 2.47 bits per heavy atom. The largest absolute Gasteiger partial charge is 0.307 e. The molecule has 19 heavy (non-hydrogen) atoms. The normalized spacial score (nSPS) is 30.3. The van der Waals surface area contributed by atoms with Crippen LogP contribution < -0.4 is 5.32 Å². The van der Waals surface area contributed by atoms with Gasteiger partial charge in [-0.15, -0.1) is 0 Å². The van der Waals surface area contributed by atoms with E-state index in [1.807, 2.05) is 0 Å². The first-order chi connectivity index (χ1) is 8.97. The molecule has 1 N–H and O–H groups in total. The molecule has 0 amide bonds. The van der Waals surface area contributed by atoms with Gasteiger partial charge in [-0.25, -0.2) is 0 Å². The van der Waals surface area contributed by atoms with Crippen molar-refractivity contribution < 1.29 is 0 Å². The summed E-state index contributed by atoms with van der Waals surface area (Å²) in [6, 6.07) is 10.6. The molecule has 0 aliphatic carbocycles. The molecule has 0 bridgehead atoms. The Morgan fingerprint density at radius 1 is 1.21 bits per heavy atom. The van der Waals surface area contributed by atoms with E-state index in [1.54, 1.807) is 0 Å². The summed E-state index contributed by atoms with van der Waals surface area (Å²) in [5.74, 6) is 0.717. The molecule has 1 aromatic carbocycles. The van der Waals surface area contributed by atoms with Crippen LogP contribution in [0.25, 0.3) is 0 Å². The van der Waals surface area contributed by atoms with Crippen molar-refractivity contribution in [2.75, 3.05) is 13.6 Å². The molecule has 0 saturated carbocycles. The second-order valence-electron chi connectivity index (χ2n) is 6.41. The van der Waals surface area contributed by atoms with Gasteiger partial charge in [0.15, 0.2) is 0 Å². The predicted molar refractivity (Wildman–Crippen MR) is 82.4 cm³/mol. The van der Waals surface area contributed by atoms with Gasteiger partial charge in [-0.1, -0.05) is 36.8 Å². The number of rotatable bonds is 3. The van der Waals surface area contributed by atoms with Gasteiger partial charge >= 0.3 is 0 Å². The summed E-state index contributed by atoms with van der Waals surface area (Å²) >= 11 is 0. The first kappa shape index (κ1) is 14.5. The lowest BCUT2D eigenvalue weighted by atomic mass is 9.89. The molecule has 106 valence electrons. The van der Waals surface area contributed by atoms with Crippen molar-refractivity contribution in [3.05, 3.63) is 35.4 Å². The number of piperidine rings is 1. The average Bonchev–Trinajstić information content (AvgIpc) is 2.36. The van der Waals surface area contributed by atoms with E-state index in [0.717, 1.165) is 0 Å². The Hall–Kier alpha value is -0.860. The Morgan fingerprint density at radius 2 is 1.84 bits per heavy atom. The third kappa shape index (κ3) is 3.58. The number of nitrogens with one attached hydrogen (secondary N) is 1. The van der Waals surface area contributed by atoms with Crippen LogP contribution in [0.5, 0.6) is 0 Å². The Labute approximate surface area is 118 Å². The van der Waals surface area contributed by atoms with Crippen molar-refractivity contribution in [1.82, 2.24) is 10.2 Å². The Bertz CT molecular complexity index is 398. The first-order valence-electron chi connectivity index (χ1n) is 7.50. The molecule has 1 saturated heterocycles. The lowest BCUT2D eigenvalue weighted by Crippen LogP contribution is -2.51. The molecule has 0 aromatic heterocycles. The van der Waals surface area contributed by atoms with Gasteiger partial charge in [0.2, 0.25) is 0 Å². The number of hydrogen-bond donors (Lipinski definition) is 1. The van der Waals surface area contributed by atoms with E-state index in [2.05, 4.69) is 69.2 Å². The van der Waals surface area contributed by atoms with Crippen LogP contribution >= 0.6 is 0 Å². The fraction of sp³-hybridized carbons (Fsp3) is 0.647. The fourth-order valence-electron chi connectivity index (χ4n) is 3.05. The van der Waals surface area contributed by atoms with Crippen molar-refractivity contribution in [1.29, 1.82) is 0 Å². The molecule has 4 unspecified atom stereocenters. The minimum Gasteiger partial charge on any atom is -0.307 e. The van der Waals surface area contributed by atoms with Gasteiger partial charge in [0.1, 0.15) is 0 Å². The topological polar surface area (TPSA) is 15.3 Å². The third-order valence-electron chi connectivity index (χ3n) is 4.65. The van der Waals surface area contributed by atoms with Crippen LogP contribution in [-0.2, 0) is 0 Å². The van der Waals surface area contributed by atoms with Gasteiger partial charge in [-0.05, 0) is 45.7 Å². The zero-order valence-electron chi connectivity index (χ0n) is 13.0. The molecule has 0 spiro atoms. The number of hydrogen-bond acceptors (Lipinski definition) is 2. The molecule has 1 aromatic rings. The summed E-state index contributed by atoms with van der Waals surface area (Å²) in [4.78, 5) is 2.47. The van der Waals surface area contributed by atoms with E-state index in [4.69, 9.17) is 0 Å². The highest BCUT2D eigenvalue weighted by Gasteiger charge is 2.29. The third-order valence-corrected chi connectivity index (χ3v) is 4.65. The number of aryl methyl sites for hydroxylation is 1. The first-order valence-corrected chi connectivity index (χ1v) is 7.50. The minimum absolute atomic E-state index is 0.434. The van der Waals surface area contributed by atoms with Crippen LogP contribution in [0.2, 0.25) is 0 Å². The summed E-state index contributed by atoms with van der Waals surface area (Å²) in [6.07, 6.45) is 1.24. The lowest BCUT2D eigenvalue weighted by molar-refractivity contribution is 0.116. The van der Waals surface area contributed by atoms with Crippen LogP contribution in [-0.4, -0.2) is 30.6 Å². The SMILES string of the molecule is Cc1ccc(C(C)NC2CC(C)N(C)CC2C)cc1. The van der Waals surface area contributed by atoms with Gasteiger partial charge in [-0.3, -0.25) is 0 Å². The molecule has 1 fully saturated rings. The molecule has 2 nitrogen and oxygen atoms in total. The van der Waals surface area contributed by atoms with Crippen LogP contribution in [0.3, 0.4) is 0 Å². The van der Waals surface area contributed by atoms with Gasteiger partial charge in [0.25, 0.3) is 0 Å². The zero-order chi connectivity index (χ0) is 14.0. The second-order valence-corrected chi connectivity index (χ2v) is 6.41. The molecule has 2 rings (SSSR count). The van der Waals surface area contributed by atoms with Crippen molar-refractivity contribution in [2.45, 2.75) is 52.2 Å². The van der Waals surface area contributed by atoms with Crippen LogP contribution in [0.1, 0.15) is 44.4 Å². The number of nitrogens with zero attached hydrogens (tertiary/aromatic N) is 1. The highest BCUT2D eigenvalue weighted by Crippen LogP contribution is 2.24. The summed E-state index contributed by atoms with van der Waals surface area (Å²) in [6.45, 7) is 10.3. The van der Waals surface area contributed by atoms with Crippen LogP contribution in [0.15, 0.2) is 24.3 Å². The van der Waals surface area contributed by atoms with Crippen molar-refractivity contribution in [3.63, 3.8) is 0 Å². The Balaban J connectivity index is 1.98. The van der Waals surface area contributed by atoms with Gasteiger partial charge < -0.3 is 10.2 Å². The summed E-state index contributed by atoms with van der Waals surface area (Å²) in [7, 11) is 2.24. The van der Waals surface area contributed by atoms with E-state index >= 15 is 0 Å². The van der Waals surface area contributed by atoms with Crippen molar-refractivity contribution >= 4 is 0 Å². The van der Waals surface area contributed by atoms with E-state index in [1.165, 1.54) is 24.1 Å². The highest BCUT2D eigenvalue weighted by atomic mass is 15.2. The predicted octanol–water partition coefficient (Wildman–Crippen LogP) is 3.37. The maximum atomic E-state index is 3.83. The lowest BCUT2D eigenvalue weighted by Gasteiger charge is -2.41. The second kappa shape index (κ2) is 6.06. The number of benzene rings is 1. The minimum atomic E-state index is 0.434. The molecule has 1 aliphatic heterocycles. The molecule has 1 aliphatic rings. The fourth-order valence-corrected chi connectivity index (χ4v) is 3.05. The average molecular weight is 260 g/mol. The van der Waals surface area contributed by atoms with Crippen LogP contribution in [0, 0.1) is 12.8 Å². The van der Waals surface area contributed by atoms with Gasteiger partial charge in [-0.2, -0.15) is 0 Å². The summed E-state index contributed by atoms with van der Waals surface area (Å²) < 4.78 is 0. The molecule has 2 heteroatoms. The smallest absolute Gasteiger partial charge is 0.0294 e. The molecular formula is C17H28N2. The van der Waals surface area contributed by atoms with E-state index in [9.17, 15) is 0 Å². The van der Waals surface area contributed by atoms with Crippen molar-refractivity contribution in [2.24, 2.45) is 5.92 Å². The van der Waals surface area contributed by atoms with Crippen molar-refractivity contribution in [3.8, 4) is 0 Å². The van der Waals surface area contributed by atoms with Gasteiger partial charge in [0, 0.05) is 24.7 Å². The number of likely N-dealkylation sites (tertiary alicyclic amines) is 1. The molecule has 1 heterocycles. The quantitative estimate of drug-likeness (QED) is 0.896. The maximum absolute atomic E-state index is 3.83. The van der Waals surface area contributed by atoms with E-state index in [-0.39, 0.29) is 0 Å². The standard InChI is InChI=1S/C17H28N2/c1-12-6-8-16(9-7-12)15(4)18-17-10-14(3)19(5)11-13(17)2/h6-9,13-15,17-18H,10-11H2,1-5H3. The van der Waals surface area contributed by atoms with E-state index in [0.29, 0.717) is 24.0 Å².